The average molecular weight is 398 g/mol. The number of carbonyl (C=O) groups excluding carboxylic acids is 1. The van der Waals surface area contributed by atoms with E-state index in [-0.39, 0.29) is 11.9 Å². The first-order valence-corrected chi connectivity index (χ1v) is 10.3. The molecule has 6 rings (SSSR count). The number of anilines is 1. The number of likely N-dealkylation sites (tertiary alicyclic amines) is 1. The first-order chi connectivity index (χ1) is 14.8. The first-order valence-electron chi connectivity index (χ1n) is 10.3. The molecule has 2 saturated heterocycles. The molecule has 0 saturated carbocycles. The topological polar surface area (TPSA) is 80.9 Å². The molecular weight excluding hydrogens is 376 g/mol. The van der Waals surface area contributed by atoms with E-state index in [1.54, 1.807) is 6.20 Å². The van der Waals surface area contributed by atoms with Gasteiger partial charge in [0.25, 0.3) is 5.91 Å². The van der Waals surface area contributed by atoms with E-state index >= 15 is 0 Å². The van der Waals surface area contributed by atoms with Gasteiger partial charge in [0.1, 0.15) is 11.5 Å². The molecule has 3 atom stereocenters. The summed E-state index contributed by atoms with van der Waals surface area (Å²) >= 11 is 0. The fraction of sp³-hybridized carbons (Fsp3) is 0.261. The van der Waals surface area contributed by atoms with Crippen LogP contribution in [0.15, 0.2) is 67.1 Å². The smallest absolute Gasteiger partial charge is 0.270 e. The van der Waals surface area contributed by atoms with Crippen LogP contribution in [0.3, 0.4) is 0 Å². The summed E-state index contributed by atoms with van der Waals surface area (Å²) in [5.41, 5.74) is 2.85. The van der Waals surface area contributed by atoms with Gasteiger partial charge in [-0.05, 0) is 23.8 Å². The van der Waals surface area contributed by atoms with Crippen LogP contribution in [0.5, 0.6) is 0 Å². The van der Waals surface area contributed by atoms with Gasteiger partial charge >= 0.3 is 0 Å². The van der Waals surface area contributed by atoms with Crippen molar-refractivity contribution in [3.8, 4) is 0 Å². The van der Waals surface area contributed by atoms with E-state index in [4.69, 9.17) is 0 Å². The number of aromatic amines is 2. The lowest BCUT2D eigenvalue weighted by Crippen LogP contribution is -2.36. The monoisotopic (exact) mass is 398 g/mol. The van der Waals surface area contributed by atoms with Gasteiger partial charge < -0.3 is 14.8 Å². The van der Waals surface area contributed by atoms with Crippen molar-refractivity contribution in [3.63, 3.8) is 0 Å². The van der Waals surface area contributed by atoms with Crippen LogP contribution in [-0.2, 0) is 0 Å². The Hall–Kier alpha value is -3.61. The number of amides is 1. The standard InChI is InChI=1S/C23H22N6O/c30-23(20-7-4-9-24-20)29-13-16-12-28(22-17-11-26-27-19(17)8-10-25-22)14-18(16)21(29)15-5-2-1-3-6-15/h1-11,16,18,21,24H,12-14H2,(H,26,27)/t16-,18-,21+/m0/s1. The number of hydrogen-bond acceptors (Lipinski definition) is 4. The summed E-state index contributed by atoms with van der Waals surface area (Å²) in [5.74, 6) is 1.81. The zero-order valence-corrected chi connectivity index (χ0v) is 16.4. The Morgan fingerprint density at radius 2 is 1.93 bits per heavy atom. The maximum atomic E-state index is 13.3. The fourth-order valence-electron chi connectivity index (χ4n) is 5.23. The van der Waals surface area contributed by atoms with Crippen molar-refractivity contribution in [1.29, 1.82) is 0 Å². The van der Waals surface area contributed by atoms with Gasteiger partial charge in [-0.25, -0.2) is 4.98 Å². The highest BCUT2D eigenvalue weighted by atomic mass is 16.2. The Morgan fingerprint density at radius 1 is 1.03 bits per heavy atom. The second-order valence-electron chi connectivity index (χ2n) is 8.19. The van der Waals surface area contributed by atoms with Crippen LogP contribution >= 0.6 is 0 Å². The minimum Gasteiger partial charge on any atom is -0.357 e. The molecular formula is C23H22N6O. The second-order valence-corrected chi connectivity index (χ2v) is 8.19. The second kappa shape index (κ2) is 6.73. The lowest BCUT2D eigenvalue weighted by atomic mass is 9.89. The summed E-state index contributed by atoms with van der Waals surface area (Å²) in [6, 6.07) is 16.2. The van der Waals surface area contributed by atoms with Crippen LogP contribution in [0.4, 0.5) is 5.82 Å². The maximum absolute atomic E-state index is 13.3. The minimum atomic E-state index is 0.0561. The third-order valence-corrected chi connectivity index (χ3v) is 6.54. The molecule has 5 heterocycles. The molecule has 7 nitrogen and oxygen atoms in total. The lowest BCUT2D eigenvalue weighted by molar-refractivity contribution is 0.0710. The molecule has 0 bridgehead atoms. The molecule has 4 aromatic rings. The fourth-order valence-corrected chi connectivity index (χ4v) is 5.23. The predicted octanol–water partition coefficient (Wildman–Crippen LogP) is 3.24. The Labute approximate surface area is 173 Å². The first kappa shape index (κ1) is 17.3. The van der Waals surface area contributed by atoms with E-state index in [9.17, 15) is 4.79 Å². The number of H-pyrrole nitrogens is 2. The summed E-state index contributed by atoms with van der Waals surface area (Å²) in [6.07, 6.45) is 5.49. The SMILES string of the molecule is O=C(c1ccc[nH]1)N1C[C@@H]2CN(c3nccc4[nH]ncc34)C[C@@H]2[C@H]1c1ccccc1. The van der Waals surface area contributed by atoms with Crippen LogP contribution in [0, 0.1) is 11.8 Å². The molecule has 2 aliphatic rings. The highest BCUT2D eigenvalue weighted by Crippen LogP contribution is 2.46. The number of hydrogen-bond donors (Lipinski definition) is 2. The van der Waals surface area contributed by atoms with Gasteiger partial charge in [0.15, 0.2) is 0 Å². The van der Waals surface area contributed by atoms with Crippen molar-refractivity contribution in [2.24, 2.45) is 11.8 Å². The number of pyridine rings is 1. The Balaban J connectivity index is 1.35. The third-order valence-electron chi connectivity index (χ3n) is 6.54. The summed E-state index contributed by atoms with van der Waals surface area (Å²) in [4.78, 5) is 25.4. The summed E-state index contributed by atoms with van der Waals surface area (Å²) in [5, 5.41) is 8.27. The quantitative estimate of drug-likeness (QED) is 0.555. The Kier molecular flexibility index (Phi) is 3.87. The van der Waals surface area contributed by atoms with Gasteiger partial charge in [-0.15, -0.1) is 0 Å². The molecule has 2 fully saturated rings. The van der Waals surface area contributed by atoms with Crippen molar-refractivity contribution in [2.45, 2.75) is 6.04 Å². The van der Waals surface area contributed by atoms with Gasteiger partial charge in [-0.2, -0.15) is 5.10 Å². The molecule has 150 valence electrons. The van der Waals surface area contributed by atoms with E-state index in [1.165, 1.54) is 5.56 Å². The van der Waals surface area contributed by atoms with Crippen LogP contribution in [-0.4, -0.2) is 50.6 Å². The Bertz CT molecular complexity index is 1180. The van der Waals surface area contributed by atoms with Crippen molar-refractivity contribution < 1.29 is 4.79 Å². The van der Waals surface area contributed by atoms with Crippen molar-refractivity contribution in [3.05, 3.63) is 78.4 Å². The molecule has 0 spiro atoms. The number of carbonyl (C=O) groups is 1. The Morgan fingerprint density at radius 3 is 2.77 bits per heavy atom. The van der Waals surface area contributed by atoms with Gasteiger partial charge in [-0.1, -0.05) is 30.3 Å². The highest BCUT2D eigenvalue weighted by molar-refractivity contribution is 5.93. The molecule has 2 N–H and O–H groups in total. The zero-order valence-electron chi connectivity index (χ0n) is 16.4. The number of nitrogens with one attached hydrogen (secondary N) is 2. The zero-order chi connectivity index (χ0) is 20.1. The number of nitrogens with zero attached hydrogens (tertiary/aromatic N) is 4. The minimum absolute atomic E-state index is 0.0561. The summed E-state index contributed by atoms with van der Waals surface area (Å²) in [6.45, 7) is 2.51. The molecule has 3 aromatic heterocycles. The predicted molar refractivity (Wildman–Crippen MR) is 114 cm³/mol. The summed E-state index contributed by atoms with van der Waals surface area (Å²) in [7, 11) is 0. The van der Waals surface area contributed by atoms with Crippen LogP contribution < -0.4 is 4.90 Å². The van der Waals surface area contributed by atoms with E-state index in [0.29, 0.717) is 17.5 Å². The van der Waals surface area contributed by atoms with E-state index in [2.05, 4.69) is 54.2 Å². The van der Waals surface area contributed by atoms with Crippen molar-refractivity contribution in [1.82, 2.24) is 25.1 Å². The highest BCUT2D eigenvalue weighted by Gasteiger charge is 2.49. The van der Waals surface area contributed by atoms with Crippen LogP contribution in [0.2, 0.25) is 0 Å². The van der Waals surface area contributed by atoms with E-state index < -0.39 is 0 Å². The van der Waals surface area contributed by atoms with Gasteiger partial charge in [0.05, 0.1) is 23.1 Å². The molecule has 0 unspecified atom stereocenters. The largest absolute Gasteiger partial charge is 0.357 e. The van der Waals surface area contributed by atoms with Gasteiger partial charge in [0, 0.05) is 43.9 Å². The van der Waals surface area contributed by atoms with Gasteiger partial charge in [0.2, 0.25) is 0 Å². The van der Waals surface area contributed by atoms with Crippen LogP contribution in [0.25, 0.3) is 10.9 Å². The van der Waals surface area contributed by atoms with Crippen molar-refractivity contribution >= 4 is 22.6 Å². The normalized spacial score (nSPS) is 23.3. The number of benzene rings is 1. The summed E-state index contributed by atoms with van der Waals surface area (Å²) < 4.78 is 0. The van der Waals surface area contributed by atoms with Gasteiger partial charge in [-0.3, -0.25) is 9.89 Å². The molecule has 1 aromatic carbocycles. The maximum Gasteiger partial charge on any atom is 0.270 e. The van der Waals surface area contributed by atoms with E-state index in [1.807, 2.05) is 36.7 Å². The van der Waals surface area contributed by atoms with E-state index in [0.717, 1.165) is 36.4 Å². The molecule has 0 radical (unpaired) electrons. The lowest BCUT2D eigenvalue weighted by Gasteiger charge is -2.30. The molecule has 2 aliphatic heterocycles. The number of rotatable bonds is 3. The molecule has 7 heteroatoms. The number of aromatic nitrogens is 4. The number of fused-ring (bicyclic) bond motifs is 2. The molecule has 30 heavy (non-hydrogen) atoms. The van der Waals surface area contributed by atoms with Crippen LogP contribution in [0.1, 0.15) is 22.1 Å². The third kappa shape index (κ3) is 2.62. The average Bonchev–Trinajstić information content (AvgIpc) is 3.57. The molecule has 0 aliphatic carbocycles. The van der Waals surface area contributed by atoms with Crippen molar-refractivity contribution in [2.75, 3.05) is 24.5 Å². The molecule has 1 amide bonds.